The van der Waals surface area contributed by atoms with Crippen molar-refractivity contribution in [1.82, 2.24) is 0 Å². The number of Topliss-reactive ketones (excluding diaryl/α,β-unsaturated/α-hetero) is 1. The van der Waals surface area contributed by atoms with Gasteiger partial charge < -0.3 is 10.2 Å². The Bertz CT molecular complexity index is 192. The summed E-state index contributed by atoms with van der Waals surface area (Å²) in [7, 11) is 0. The van der Waals surface area contributed by atoms with Gasteiger partial charge in [-0.15, -0.1) is 0 Å². The number of carbonyl (C=O) groups is 1. The molecule has 0 aliphatic heterocycles. The molecule has 0 heterocycles. The molecule has 0 atom stereocenters. The lowest BCUT2D eigenvalue weighted by Crippen LogP contribution is -1.98. The van der Waals surface area contributed by atoms with Crippen LogP contribution in [0.1, 0.15) is 83.5 Å². The Morgan fingerprint density at radius 3 is 1.26 bits per heavy atom. The van der Waals surface area contributed by atoms with Crippen LogP contribution in [-0.4, -0.2) is 29.2 Å². The van der Waals surface area contributed by atoms with Crippen molar-refractivity contribution in [3.8, 4) is 0 Å². The first-order valence-electron chi connectivity index (χ1n) is 8.04. The van der Waals surface area contributed by atoms with Gasteiger partial charge >= 0.3 is 0 Å². The van der Waals surface area contributed by atoms with Gasteiger partial charge in [0.1, 0.15) is 5.78 Å². The molecular formula is C16H32O3. The van der Waals surface area contributed by atoms with Crippen LogP contribution in [0, 0.1) is 0 Å². The van der Waals surface area contributed by atoms with Crippen molar-refractivity contribution < 1.29 is 15.0 Å². The van der Waals surface area contributed by atoms with Gasteiger partial charge in [0.25, 0.3) is 0 Å². The van der Waals surface area contributed by atoms with Crippen molar-refractivity contribution in [3.63, 3.8) is 0 Å². The fourth-order valence-electron chi connectivity index (χ4n) is 2.23. The summed E-state index contributed by atoms with van der Waals surface area (Å²) in [6.07, 6.45) is 13.4. The van der Waals surface area contributed by atoms with Gasteiger partial charge in [-0.3, -0.25) is 4.79 Å². The lowest BCUT2D eigenvalue weighted by molar-refractivity contribution is -0.119. The zero-order valence-electron chi connectivity index (χ0n) is 12.4. The molecule has 0 rings (SSSR count). The number of hydrogen-bond donors (Lipinski definition) is 2. The first-order valence-corrected chi connectivity index (χ1v) is 8.04. The van der Waals surface area contributed by atoms with Gasteiger partial charge in [0.15, 0.2) is 0 Å². The van der Waals surface area contributed by atoms with Crippen molar-refractivity contribution >= 4 is 5.78 Å². The fourth-order valence-corrected chi connectivity index (χ4v) is 2.23. The zero-order valence-corrected chi connectivity index (χ0v) is 12.4. The first-order chi connectivity index (χ1) is 9.31. The summed E-state index contributed by atoms with van der Waals surface area (Å²) in [5.74, 6) is 0.390. The summed E-state index contributed by atoms with van der Waals surface area (Å²) in [5, 5.41) is 17.3. The molecule has 0 radical (unpaired) electrons. The Labute approximate surface area is 118 Å². The molecule has 19 heavy (non-hydrogen) atoms. The summed E-state index contributed by atoms with van der Waals surface area (Å²) in [6, 6.07) is 0. The maximum atomic E-state index is 11.5. The Kier molecular flexibility index (Phi) is 15.3. The maximum absolute atomic E-state index is 11.5. The fraction of sp³-hybridized carbons (Fsp3) is 0.938. The minimum Gasteiger partial charge on any atom is -0.396 e. The first kappa shape index (κ1) is 18.6. The third-order valence-electron chi connectivity index (χ3n) is 3.48. The number of aliphatic hydroxyl groups excluding tert-OH is 2. The van der Waals surface area contributed by atoms with Gasteiger partial charge in [0.2, 0.25) is 0 Å². The molecule has 0 unspecified atom stereocenters. The molecule has 0 aromatic carbocycles. The molecule has 0 saturated carbocycles. The highest BCUT2D eigenvalue weighted by Gasteiger charge is 2.01. The second-order valence-electron chi connectivity index (χ2n) is 5.37. The van der Waals surface area contributed by atoms with E-state index in [4.69, 9.17) is 10.2 Å². The molecule has 0 spiro atoms. The summed E-state index contributed by atoms with van der Waals surface area (Å²) < 4.78 is 0. The number of ketones is 1. The zero-order chi connectivity index (χ0) is 14.2. The Morgan fingerprint density at radius 1 is 0.526 bits per heavy atom. The van der Waals surface area contributed by atoms with Crippen molar-refractivity contribution in [2.24, 2.45) is 0 Å². The van der Waals surface area contributed by atoms with Gasteiger partial charge in [-0.1, -0.05) is 44.9 Å². The quantitative estimate of drug-likeness (QED) is 0.448. The van der Waals surface area contributed by atoms with E-state index in [1.54, 1.807) is 0 Å². The molecule has 3 heteroatoms. The summed E-state index contributed by atoms with van der Waals surface area (Å²) in [6.45, 7) is 0.562. The lowest BCUT2D eigenvalue weighted by atomic mass is 10.0. The highest BCUT2D eigenvalue weighted by molar-refractivity contribution is 5.78. The molecule has 0 fully saturated rings. The monoisotopic (exact) mass is 272 g/mol. The van der Waals surface area contributed by atoms with E-state index >= 15 is 0 Å². The highest BCUT2D eigenvalue weighted by Crippen LogP contribution is 2.11. The average molecular weight is 272 g/mol. The molecule has 0 amide bonds. The van der Waals surface area contributed by atoms with Crippen LogP contribution in [0.3, 0.4) is 0 Å². The molecule has 0 aromatic rings. The van der Waals surface area contributed by atoms with Crippen molar-refractivity contribution in [2.75, 3.05) is 13.2 Å². The van der Waals surface area contributed by atoms with Gasteiger partial charge in [-0.25, -0.2) is 0 Å². The van der Waals surface area contributed by atoms with Crippen LogP contribution in [0.5, 0.6) is 0 Å². The predicted molar refractivity (Wildman–Crippen MR) is 79.2 cm³/mol. The molecule has 2 N–H and O–H groups in total. The van der Waals surface area contributed by atoms with Crippen LogP contribution in [0.4, 0.5) is 0 Å². The SMILES string of the molecule is O=C(CCCCCO)CCCCCCCCCCO. The Hall–Kier alpha value is -0.410. The summed E-state index contributed by atoms with van der Waals surface area (Å²) >= 11 is 0. The molecule has 114 valence electrons. The molecule has 3 nitrogen and oxygen atoms in total. The number of hydrogen-bond acceptors (Lipinski definition) is 3. The van der Waals surface area contributed by atoms with Crippen molar-refractivity contribution in [1.29, 1.82) is 0 Å². The van der Waals surface area contributed by atoms with Crippen LogP contribution in [0.2, 0.25) is 0 Å². The van der Waals surface area contributed by atoms with E-state index < -0.39 is 0 Å². The second kappa shape index (κ2) is 15.6. The number of carbonyl (C=O) groups excluding carboxylic acids is 1. The van der Waals surface area contributed by atoms with Crippen LogP contribution >= 0.6 is 0 Å². The number of rotatable bonds is 15. The third kappa shape index (κ3) is 15.5. The molecule has 0 saturated heterocycles. The third-order valence-corrected chi connectivity index (χ3v) is 3.48. The van der Waals surface area contributed by atoms with Crippen molar-refractivity contribution in [2.45, 2.75) is 83.5 Å². The van der Waals surface area contributed by atoms with Crippen molar-refractivity contribution in [3.05, 3.63) is 0 Å². The van der Waals surface area contributed by atoms with Gasteiger partial charge in [0, 0.05) is 26.1 Å². The van der Waals surface area contributed by atoms with E-state index in [2.05, 4.69) is 0 Å². The maximum Gasteiger partial charge on any atom is 0.132 e. The van der Waals surface area contributed by atoms with Gasteiger partial charge in [-0.05, 0) is 25.7 Å². The van der Waals surface area contributed by atoms with Gasteiger partial charge in [-0.2, -0.15) is 0 Å². The van der Waals surface area contributed by atoms with E-state index in [1.165, 1.54) is 32.1 Å². The van der Waals surface area contributed by atoms with Crippen LogP contribution in [0.25, 0.3) is 0 Å². The average Bonchev–Trinajstić information content (AvgIpc) is 2.42. The number of unbranched alkanes of at least 4 members (excludes halogenated alkanes) is 9. The standard InChI is InChI=1S/C16H32O3/c17-14-10-6-4-2-1-3-5-8-12-16(19)13-9-7-11-15-18/h17-18H,1-15H2. The summed E-state index contributed by atoms with van der Waals surface area (Å²) in [4.78, 5) is 11.5. The molecule has 0 aliphatic carbocycles. The topological polar surface area (TPSA) is 57.5 Å². The van der Waals surface area contributed by atoms with E-state index in [1.807, 2.05) is 0 Å². The van der Waals surface area contributed by atoms with Crippen LogP contribution in [0.15, 0.2) is 0 Å². The number of aliphatic hydroxyl groups is 2. The minimum absolute atomic E-state index is 0.243. The second-order valence-corrected chi connectivity index (χ2v) is 5.37. The summed E-state index contributed by atoms with van der Waals surface area (Å²) in [5.41, 5.74) is 0. The Balaban J connectivity index is 3.10. The van der Waals surface area contributed by atoms with E-state index in [0.717, 1.165) is 44.9 Å². The molecule has 0 aliphatic rings. The Morgan fingerprint density at radius 2 is 0.842 bits per heavy atom. The molecular weight excluding hydrogens is 240 g/mol. The van der Waals surface area contributed by atoms with E-state index in [-0.39, 0.29) is 6.61 Å². The van der Waals surface area contributed by atoms with Crippen LogP contribution in [-0.2, 0) is 4.79 Å². The largest absolute Gasteiger partial charge is 0.396 e. The normalized spacial score (nSPS) is 10.8. The predicted octanol–water partition coefficient (Wildman–Crippen LogP) is 3.61. The van der Waals surface area contributed by atoms with E-state index in [0.29, 0.717) is 18.8 Å². The van der Waals surface area contributed by atoms with Gasteiger partial charge in [0.05, 0.1) is 0 Å². The molecule has 0 bridgehead atoms. The van der Waals surface area contributed by atoms with E-state index in [9.17, 15) is 4.79 Å². The van der Waals surface area contributed by atoms with Crippen LogP contribution < -0.4 is 0 Å². The molecule has 0 aromatic heterocycles. The minimum atomic E-state index is 0.243. The lowest BCUT2D eigenvalue weighted by Gasteiger charge is -2.02. The smallest absolute Gasteiger partial charge is 0.132 e. The highest BCUT2D eigenvalue weighted by atomic mass is 16.3.